The summed E-state index contributed by atoms with van der Waals surface area (Å²) in [6.45, 7) is 12.9. The number of ether oxygens (including phenoxy) is 3. The second kappa shape index (κ2) is 13.6. The Morgan fingerprint density at radius 1 is 1.00 bits per heavy atom. The maximum atomic E-state index is 10.0. The fourth-order valence-corrected chi connectivity index (χ4v) is 4.56. The summed E-state index contributed by atoms with van der Waals surface area (Å²) >= 11 is 0. The molecule has 1 fully saturated rings. The van der Waals surface area contributed by atoms with E-state index in [1.807, 2.05) is 6.07 Å². The molecule has 0 unspecified atom stereocenters. The van der Waals surface area contributed by atoms with Crippen LogP contribution < -0.4 is 10.2 Å². The summed E-state index contributed by atoms with van der Waals surface area (Å²) < 4.78 is 15.9. The maximum absolute atomic E-state index is 10.0. The molecule has 0 atom stereocenters. The molecule has 3 aromatic rings. The van der Waals surface area contributed by atoms with Crippen molar-refractivity contribution in [1.82, 2.24) is 4.98 Å². The Hall–Kier alpha value is -3.69. The first kappa shape index (κ1) is 26.4. The van der Waals surface area contributed by atoms with Crippen molar-refractivity contribution < 1.29 is 14.2 Å². The van der Waals surface area contributed by atoms with Crippen LogP contribution in [0.5, 0.6) is 0 Å². The number of hydrogen-bond acceptors (Lipinski definition) is 7. The van der Waals surface area contributed by atoms with Crippen LogP contribution in [-0.4, -0.2) is 64.8 Å². The average molecular weight is 500 g/mol. The van der Waals surface area contributed by atoms with E-state index in [-0.39, 0.29) is 0 Å². The van der Waals surface area contributed by atoms with Gasteiger partial charge >= 0.3 is 0 Å². The van der Waals surface area contributed by atoms with Gasteiger partial charge in [-0.3, -0.25) is 0 Å². The molecule has 4 rings (SSSR count). The summed E-state index contributed by atoms with van der Waals surface area (Å²) in [5.74, 6) is 0.449. The highest BCUT2D eigenvalue weighted by atomic mass is 16.5. The Kier molecular flexibility index (Phi) is 9.67. The summed E-state index contributed by atoms with van der Waals surface area (Å²) in [6, 6.07) is 14.9. The van der Waals surface area contributed by atoms with E-state index >= 15 is 0 Å². The van der Waals surface area contributed by atoms with Crippen molar-refractivity contribution in [3.63, 3.8) is 0 Å². The highest BCUT2D eigenvalue weighted by molar-refractivity contribution is 5.94. The van der Waals surface area contributed by atoms with E-state index in [0.717, 1.165) is 29.4 Å². The van der Waals surface area contributed by atoms with Gasteiger partial charge in [-0.1, -0.05) is 18.2 Å². The van der Waals surface area contributed by atoms with Crippen LogP contribution in [0.2, 0.25) is 0 Å². The molecule has 0 bridgehead atoms. The minimum absolute atomic E-state index is 0.357. The number of anilines is 2. The van der Waals surface area contributed by atoms with Crippen molar-refractivity contribution in [2.45, 2.75) is 19.3 Å². The molecule has 2 heterocycles. The third-order valence-electron chi connectivity index (χ3n) is 6.47. The molecular formula is C29H33N5O3. The highest BCUT2D eigenvalue weighted by Crippen LogP contribution is 2.38. The Labute approximate surface area is 218 Å². The van der Waals surface area contributed by atoms with E-state index < -0.39 is 0 Å². The minimum atomic E-state index is 0.357. The SMILES string of the molecule is [C-]#[N+]c1cnc(NCCOCCOCCOC)c(C#N)c1-c1ccc2cc(N3CCCCC3)ccc2c1. The predicted octanol–water partition coefficient (Wildman–Crippen LogP) is 5.41. The normalized spacial score (nSPS) is 13.3. The van der Waals surface area contributed by atoms with Crippen LogP contribution in [0.1, 0.15) is 24.8 Å². The number of nitrogens with zero attached hydrogens (tertiary/aromatic N) is 4. The van der Waals surface area contributed by atoms with Crippen LogP contribution in [0.3, 0.4) is 0 Å². The van der Waals surface area contributed by atoms with Crippen molar-refractivity contribution >= 4 is 28.0 Å². The lowest BCUT2D eigenvalue weighted by atomic mass is 9.96. The maximum Gasteiger partial charge on any atom is 0.214 e. The topological polar surface area (TPSA) is 84.0 Å². The molecule has 192 valence electrons. The van der Waals surface area contributed by atoms with Crippen LogP contribution in [-0.2, 0) is 14.2 Å². The van der Waals surface area contributed by atoms with Gasteiger partial charge < -0.3 is 24.4 Å². The Morgan fingerprint density at radius 2 is 1.73 bits per heavy atom. The molecule has 0 aliphatic carbocycles. The molecule has 0 amide bonds. The van der Waals surface area contributed by atoms with Crippen LogP contribution in [0, 0.1) is 17.9 Å². The Bertz CT molecular complexity index is 1270. The number of methoxy groups -OCH3 is 1. The van der Waals surface area contributed by atoms with Crippen LogP contribution in [0.25, 0.3) is 26.7 Å². The minimum Gasteiger partial charge on any atom is -0.382 e. The molecule has 1 aliphatic rings. The molecule has 1 aliphatic heterocycles. The van der Waals surface area contributed by atoms with Crippen molar-refractivity contribution in [3.05, 3.63) is 59.6 Å². The van der Waals surface area contributed by atoms with Gasteiger partial charge in [-0.05, 0) is 53.8 Å². The van der Waals surface area contributed by atoms with Crippen molar-refractivity contribution in [1.29, 1.82) is 5.26 Å². The van der Waals surface area contributed by atoms with Gasteiger partial charge in [0.1, 0.15) is 11.9 Å². The Balaban J connectivity index is 1.48. The predicted molar refractivity (Wildman–Crippen MR) is 146 cm³/mol. The van der Waals surface area contributed by atoms with E-state index in [4.69, 9.17) is 20.8 Å². The van der Waals surface area contributed by atoms with E-state index in [2.05, 4.69) is 56.4 Å². The van der Waals surface area contributed by atoms with Gasteiger partial charge in [0.2, 0.25) is 5.69 Å². The lowest BCUT2D eigenvalue weighted by Gasteiger charge is -2.29. The van der Waals surface area contributed by atoms with Crippen molar-refractivity contribution in [3.8, 4) is 17.2 Å². The van der Waals surface area contributed by atoms with Crippen molar-refractivity contribution in [2.75, 3.05) is 70.0 Å². The van der Waals surface area contributed by atoms with Crippen LogP contribution in [0.4, 0.5) is 17.2 Å². The van der Waals surface area contributed by atoms with E-state index in [1.54, 1.807) is 7.11 Å². The summed E-state index contributed by atoms with van der Waals surface area (Å²) in [5.41, 5.74) is 3.40. The van der Waals surface area contributed by atoms with Gasteiger partial charge in [0.15, 0.2) is 0 Å². The molecule has 1 N–H and O–H groups in total. The quantitative estimate of drug-likeness (QED) is 0.264. The summed E-state index contributed by atoms with van der Waals surface area (Å²) in [5, 5.41) is 15.4. The average Bonchev–Trinajstić information content (AvgIpc) is 2.95. The molecule has 0 spiro atoms. The molecular weight excluding hydrogens is 466 g/mol. The number of nitrogens with one attached hydrogen (secondary N) is 1. The van der Waals surface area contributed by atoms with Crippen molar-refractivity contribution in [2.24, 2.45) is 0 Å². The van der Waals surface area contributed by atoms with Gasteiger partial charge in [0.05, 0.1) is 45.2 Å². The summed E-state index contributed by atoms with van der Waals surface area (Å²) in [7, 11) is 1.64. The number of hydrogen-bond donors (Lipinski definition) is 1. The third kappa shape index (κ3) is 6.75. The number of pyridine rings is 1. The van der Waals surface area contributed by atoms with E-state index in [0.29, 0.717) is 62.2 Å². The molecule has 2 aromatic carbocycles. The standard InChI is InChI=1S/C29H33N5O3/c1-31-27-21-33-29(32-10-13-36-16-17-37-15-14-35-2)26(20-30)28(27)24-7-6-23-19-25(9-8-22(23)18-24)34-11-4-3-5-12-34/h6-9,18-19,21H,3-5,10-17H2,2H3,(H,32,33). The third-order valence-corrected chi connectivity index (χ3v) is 6.47. The molecule has 0 saturated carbocycles. The number of benzene rings is 2. The summed E-state index contributed by atoms with van der Waals surface area (Å²) in [4.78, 5) is 10.5. The van der Waals surface area contributed by atoms with E-state index in [9.17, 15) is 5.26 Å². The zero-order valence-electron chi connectivity index (χ0n) is 21.3. The molecule has 1 saturated heterocycles. The number of piperidine rings is 1. The zero-order valence-corrected chi connectivity index (χ0v) is 21.3. The fraction of sp³-hybridized carbons (Fsp3) is 0.414. The number of rotatable bonds is 12. The van der Waals surface area contributed by atoms with Gasteiger partial charge in [-0.15, -0.1) is 0 Å². The van der Waals surface area contributed by atoms with Gasteiger partial charge in [-0.25, -0.2) is 9.83 Å². The molecule has 8 nitrogen and oxygen atoms in total. The largest absolute Gasteiger partial charge is 0.382 e. The first-order valence-corrected chi connectivity index (χ1v) is 12.7. The van der Waals surface area contributed by atoms with Gasteiger partial charge in [0.25, 0.3) is 0 Å². The molecule has 1 aromatic heterocycles. The molecule has 8 heteroatoms. The Morgan fingerprint density at radius 3 is 2.49 bits per heavy atom. The lowest BCUT2D eigenvalue weighted by Crippen LogP contribution is -2.29. The first-order valence-electron chi connectivity index (χ1n) is 12.7. The van der Waals surface area contributed by atoms with E-state index in [1.165, 1.54) is 31.1 Å². The van der Waals surface area contributed by atoms with Gasteiger partial charge in [-0.2, -0.15) is 5.26 Å². The number of aromatic nitrogens is 1. The number of nitriles is 1. The second-order valence-electron chi connectivity index (χ2n) is 8.90. The highest BCUT2D eigenvalue weighted by Gasteiger charge is 2.18. The van der Waals surface area contributed by atoms with Gasteiger partial charge in [0, 0.05) is 44.2 Å². The fourth-order valence-electron chi connectivity index (χ4n) is 4.56. The smallest absolute Gasteiger partial charge is 0.214 e. The van der Waals surface area contributed by atoms with Crippen LogP contribution in [0.15, 0.2) is 42.6 Å². The molecule has 37 heavy (non-hydrogen) atoms. The monoisotopic (exact) mass is 499 g/mol. The number of fused-ring (bicyclic) bond motifs is 1. The second-order valence-corrected chi connectivity index (χ2v) is 8.90. The molecule has 0 radical (unpaired) electrons. The first-order chi connectivity index (χ1) is 18.2. The lowest BCUT2D eigenvalue weighted by molar-refractivity contribution is 0.0272. The zero-order chi connectivity index (χ0) is 25.9. The van der Waals surface area contributed by atoms with Crippen LogP contribution >= 0.6 is 0 Å². The summed E-state index contributed by atoms with van der Waals surface area (Å²) in [6.07, 6.45) is 5.31.